The molecule has 0 N–H and O–H groups in total. The maximum atomic E-state index is 8.24. The van der Waals surface area contributed by atoms with E-state index in [2.05, 4.69) is 4.98 Å². The van der Waals surface area contributed by atoms with Gasteiger partial charge < -0.3 is 14.2 Å². The molecule has 0 amide bonds. The minimum atomic E-state index is -3.51. The van der Waals surface area contributed by atoms with Crippen LogP contribution in [0.1, 0.15) is 61.9 Å². The van der Waals surface area contributed by atoms with Crippen molar-refractivity contribution in [2.45, 2.75) is 58.0 Å². The molecule has 0 aromatic carbocycles. The van der Waals surface area contributed by atoms with Crippen molar-refractivity contribution >= 4 is 29.2 Å². The van der Waals surface area contributed by atoms with Crippen LogP contribution in [0.3, 0.4) is 0 Å². The van der Waals surface area contributed by atoms with Gasteiger partial charge in [0.2, 0.25) is 0 Å². The van der Waals surface area contributed by atoms with E-state index < -0.39 is 55.6 Å². The van der Waals surface area contributed by atoms with E-state index in [0.29, 0.717) is 11.3 Å². The Kier molecular flexibility index (Phi) is 1.57. The zero-order chi connectivity index (χ0) is 24.2. The van der Waals surface area contributed by atoms with Crippen molar-refractivity contribution in [2.75, 3.05) is 17.9 Å². The Bertz CT molecular complexity index is 859. The molecule has 1 aromatic rings. The van der Waals surface area contributed by atoms with E-state index in [9.17, 15) is 0 Å². The third-order valence-corrected chi connectivity index (χ3v) is 4.36. The second kappa shape index (κ2) is 5.00. The largest absolute Gasteiger partial charge is 0.515 e. The minimum Gasteiger partial charge on any atom is -0.398 e. The van der Waals surface area contributed by atoms with Crippen LogP contribution in [0, 0.1) is 0 Å². The van der Waals surface area contributed by atoms with Gasteiger partial charge in [0.1, 0.15) is 0 Å². The fraction of sp³-hybridized carbons (Fsp3) is 0.786. The monoisotopic (exact) mass is 305 g/mol. The Balaban J connectivity index is 2.14. The molecule has 2 saturated heterocycles. The highest BCUT2D eigenvalue weighted by molar-refractivity contribution is 7.14. The predicted molar refractivity (Wildman–Crippen MR) is 83.9 cm³/mol. The van der Waals surface area contributed by atoms with Gasteiger partial charge in [0, 0.05) is 32.1 Å². The van der Waals surface area contributed by atoms with E-state index in [-0.39, 0.29) is 15.8 Å². The van der Waals surface area contributed by atoms with Crippen LogP contribution < -0.4 is 10.5 Å². The van der Waals surface area contributed by atoms with E-state index in [0.717, 1.165) is 0 Å². The molecule has 0 radical (unpaired) electrons. The standard InChI is InChI=1S/C14H23BN2O2S/c1-13(2)14(3,4)19-15(18-13)11-10-20-12(16-11)17-8-6-5-7-9-17/h10H,5-9H2,1-4H3/i5D2,6D2,7D2,8D2,9D2,10D. The van der Waals surface area contributed by atoms with E-state index >= 15 is 0 Å². The molecule has 0 aliphatic carbocycles. The topological polar surface area (TPSA) is 34.6 Å². The van der Waals surface area contributed by atoms with Gasteiger partial charge in [0.05, 0.1) is 18.2 Å². The second-order valence-electron chi connectivity index (χ2n) is 5.51. The predicted octanol–water partition coefficient (Wildman–Crippen LogP) is 2.43. The van der Waals surface area contributed by atoms with E-state index in [4.69, 9.17) is 24.4 Å². The van der Waals surface area contributed by atoms with Gasteiger partial charge in [-0.1, -0.05) is 0 Å². The van der Waals surface area contributed by atoms with Crippen molar-refractivity contribution in [1.82, 2.24) is 4.98 Å². The van der Waals surface area contributed by atoms with Crippen molar-refractivity contribution < 1.29 is 24.4 Å². The molecule has 2 aliphatic rings. The van der Waals surface area contributed by atoms with Crippen molar-refractivity contribution in [1.29, 1.82) is 0 Å². The van der Waals surface area contributed by atoms with Crippen molar-refractivity contribution in [3.8, 4) is 0 Å². The first-order chi connectivity index (χ1) is 13.6. The van der Waals surface area contributed by atoms with Crippen LogP contribution in [-0.2, 0) is 9.31 Å². The number of rotatable bonds is 2. The van der Waals surface area contributed by atoms with E-state index in [1.165, 1.54) is 0 Å². The fourth-order valence-corrected chi connectivity index (χ4v) is 2.38. The molecule has 2 fully saturated rings. The zero-order valence-electron chi connectivity index (χ0n) is 22.7. The van der Waals surface area contributed by atoms with Crippen molar-refractivity contribution in [3.63, 3.8) is 0 Å². The zero-order valence-corrected chi connectivity index (χ0v) is 12.5. The van der Waals surface area contributed by atoms with Crippen LogP contribution in [0.4, 0.5) is 5.13 Å². The molecule has 0 saturated carbocycles. The van der Waals surface area contributed by atoms with Gasteiger partial charge in [-0.25, -0.2) is 4.98 Å². The molecular formula is C14H23BN2O2S. The van der Waals surface area contributed by atoms with Gasteiger partial charge in [-0.15, -0.1) is 11.3 Å². The first kappa shape index (κ1) is 6.27. The lowest BCUT2D eigenvalue weighted by Crippen LogP contribution is -2.41. The van der Waals surface area contributed by atoms with Gasteiger partial charge in [-0.3, -0.25) is 0 Å². The lowest BCUT2D eigenvalue weighted by molar-refractivity contribution is 0.00578. The van der Waals surface area contributed by atoms with Gasteiger partial charge in [-0.05, 0) is 46.8 Å². The summed E-state index contributed by atoms with van der Waals surface area (Å²) in [5, 5.41) is -0.775. The smallest absolute Gasteiger partial charge is 0.398 e. The SMILES string of the molecule is [2H]c1sc(N2C([2H])([2H])C([2H])([2H])C([2H])([2H])C([2H])([2H])C2([2H])[2H])nc1B1OC(C)(C)C(C)(C)O1. The summed E-state index contributed by atoms with van der Waals surface area (Å²) < 4.78 is 101. The van der Waals surface area contributed by atoms with E-state index in [1.807, 2.05) is 0 Å². The van der Waals surface area contributed by atoms with Crippen LogP contribution in [-0.4, -0.2) is 36.3 Å². The Morgan fingerprint density at radius 1 is 1.25 bits per heavy atom. The number of hydrogen-bond donors (Lipinski definition) is 0. The number of hydrogen-bond acceptors (Lipinski definition) is 5. The lowest BCUT2D eigenvalue weighted by atomic mass is 9.86. The molecular weight excluding hydrogens is 271 g/mol. The molecule has 2 aliphatic heterocycles. The van der Waals surface area contributed by atoms with Crippen LogP contribution in [0.5, 0.6) is 0 Å². The third-order valence-electron chi connectivity index (χ3n) is 3.59. The molecule has 1 aromatic heterocycles. The lowest BCUT2D eigenvalue weighted by Gasteiger charge is -2.32. The van der Waals surface area contributed by atoms with Crippen LogP contribution in [0.2, 0.25) is 0 Å². The maximum absolute atomic E-state index is 8.24. The highest BCUT2D eigenvalue weighted by atomic mass is 32.1. The Morgan fingerprint density at radius 3 is 2.45 bits per heavy atom. The summed E-state index contributed by atoms with van der Waals surface area (Å²) in [6.45, 7) is 0.411. The van der Waals surface area contributed by atoms with Gasteiger partial charge in [0.15, 0.2) is 5.13 Å². The fourth-order valence-electron chi connectivity index (χ4n) is 1.72. The summed E-state index contributed by atoms with van der Waals surface area (Å²) in [4.78, 5) is 4.24. The summed E-state index contributed by atoms with van der Waals surface area (Å²) >= 11 is 0.500. The van der Waals surface area contributed by atoms with Crippen LogP contribution in [0.25, 0.3) is 0 Å². The van der Waals surface area contributed by atoms with Gasteiger partial charge >= 0.3 is 7.12 Å². The average molecular weight is 305 g/mol. The summed E-state index contributed by atoms with van der Waals surface area (Å²) in [7, 11) is -1.12. The van der Waals surface area contributed by atoms with Crippen molar-refractivity contribution in [3.05, 3.63) is 5.36 Å². The molecule has 20 heavy (non-hydrogen) atoms. The van der Waals surface area contributed by atoms with Crippen LogP contribution in [0.15, 0.2) is 5.36 Å². The minimum absolute atomic E-state index is 0.0834. The van der Waals surface area contributed by atoms with Crippen molar-refractivity contribution in [2.24, 2.45) is 0 Å². The van der Waals surface area contributed by atoms with Gasteiger partial charge in [-0.2, -0.15) is 0 Å². The molecule has 0 unspecified atom stereocenters. The number of thiazole rings is 1. The Morgan fingerprint density at radius 2 is 1.85 bits per heavy atom. The Hall–Kier alpha value is -0.585. The first-order valence-corrected chi connectivity index (χ1v) is 7.01. The summed E-state index contributed by atoms with van der Waals surface area (Å²) in [5.74, 6) is 0. The normalized spacial score (nSPS) is 45.9. The molecule has 0 bridgehead atoms. The van der Waals surface area contributed by atoms with E-state index in [1.54, 1.807) is 27.7 Å². The third kappa shape index (κ3) is 2.49. The molecule has 6 heteroatoms. The quantitative estimate of drug-likeness (QED) is 0.786. The highest BCUT2D eigenvalue weighted by Crippen LogP contribution is 2.36. The first-order valence-electron chi connectivity index (χ1n) is 11.7. The summed E-state index contributed by atoms with van der Waals surface area (Å²) in [5.41, 5.74) is -1.62. The molecule has 3 rings (SSSR count). The molecule has 4 nitrogen and oxygen atoms in total. The number of piperidine rings is 1. The summed E-state index contributed by atoms with van der Waals surface area (Å²) in [6.07, 6.45) is -10.4. The Labute approximate surface area is 141 Å². The molecule has 110 valence electrons. The summed E-state index contributed by atoms with van der Waals surface area (Å²) in [6, 6.07) is 0. The molecule has 0 spiro atoms. The molecule has 0 atom stereocenters. The number of anilines is 1. The molecule has 3 heterocycles. The van der Waals surface area contributed by atoms with Gasteiger partial charge in [0.25, 0.3) is 0 Å². The average Bonchev–Trinajstić information content (AvgIpc) is 3.01. The van der Waals surface area contributed by atoms with Crippen LogP contribution >= 0.6 is 11.3 Å². The number of aromatic nitrogens is 1. The number of nitrogens with zero attached hydrogens (tertiary/aromatic N) is 2. The maximum Gasteiger partial charge on any atom is 0.515 e. The second-order valence-corrected chi connectivity index (χ2v) is 6.28. The highest BCUT2D eigenvalue weighted by Gasteiger charge is 2.52.